The second-order valence-corrected chi connectivity index (χ2v) is 5.68. The van der Waals surface area contributed by atoms with E-state index in [0.717, 1.165) is 5.56 Å². The highest BCUT2D eigenvalue weighted by molar-refractivity contribution is 6.31. The van der Waals surface area contributed by atoms with E-state index in [-0.39, 0.29) is 24.8 Å². The number of aliphatic carboxylic acids is 1. The molecule has 5 heteroatoms. The number of carbonyl (C=O) groups excluding carboxylic acids is 1. The minimum Gasteiger partial charge on any atom is -0.481 e. The molecule has 1 N–H and O–H groups in total. The number of nitrogens with zero attached hydrogens (tertiary/aromatic N) is 1. The van der Waals surface area contributed by atoms with Gasteiger partial charge in [-0.25, -0.2) is 0 Å². The molecule has 0 saturated carbocycles. The summed E-state index contributed by atoms with van der Waals surface area (Å²) in [6, 6.07) is 5.16. The summed E-state index contributed by atoms with van der Waals surface area (Å²) >= 11 is 5.93. The van der Waals surface area contributed by atoms with Gasteiger partial charge in [-0.1, -0.05) is 31.5 Å². The van der Waals surface area contributed by atoms with Crippen LogP contribution in [0, 0.1) is 12.8 Å². The number of hydrogen-bond donors (Lipinski definition) is 1. The number of halogens is 1. The first-order valence-corrected chi connectivity index (χ1v) is 6.96. The van der Waals surface area contributed by atoms with Crippen molar-refractivity contribution in [3.63, 3.8) is 0 Å². The molecule has 0 aliphatic heterocycles. The van der Waals surface area contributed by atoms with Gasteiger partial charge < -0.3 is 10.0 Å². The van der Waals surface area contributed by atoms with Crippen LogP contribution in [0.2, 0.25) is 5.02 Å². The number of carboxylic acid groups (broad SMARTS) is 1. The molecule has 1 aromatic rings. The Labute approximate surface area is 124 Å². The van der Waals surface area contributed by atoms with Gasteiger partial charge in [0.2, 0.25) is 0 Å². The van der Waals surface area contributed by atoms with Gasteiger partial charge in [0.05, 0.1) is 6.42 Å². The third-order valence-electron chi connectivity index (χ3n) is 2.90. The Hall–Kier alpha value is -1.55. The second kappa shape index (κ2) is 7.29. The number of amides is 1. The van der Waals surface area contributed by atoms with E-state index in [1.807, 2.05) is 20.8 Å². The van der Waals surface area contributed by atoms with Crippen molar-refractivity contribution in [3.05, 3.63) is 34.3 Å². The summed E-state index contributed by atoms with van der Waals surface area (Å²) in [6.07, 6.45) is -0.0575. The Morgan fingerprint density at radius 1 is 1.35 bits per heavy atom. The summed E-state index contributed by atoms with van der Waals surface area (Å²) in [5.74, 6) is -0.804. The standard InChI is InChI=1S/C15H20ClNO3/c1-10(2)9-17(7-6-14(18)19)15(20)13-8-12(16)5-4-11(13)3/h4-5,8,10H,6-7,9H2,1-3H3,(H,18,19). The van der Waals surface area contributed by atoms with E-state index in [1.165, 1.54) is 0 Å². The highest BCUT2D eigenvalue weighted by atomic mass is 35.5. The predicted molar refractivity (Wildman–Crippen MR) is 79.2 cm³/mol. The van der Waals surface area contributed by atoms with Gasteiger partial charge in [-0.3, -0.25) is 9.59 Å². The average molecular weight is 298 g/mol. The lowest BCUT2D eigenvalue weighted by Gasteiger charge is -2.25. The maximum Gasteiger partial charge on any atom is 0.305 e. The Morgan fingerprint density at radius 2 is 2.00 bits per heavy atom. The van der Waals surface area contributed by atoms with Gasteiger partial charge in [0, 0.05) is 23.7 Å². The van der Waals surface area contributed by atoms with Crippen molar-refractivity contribution in [1.29, 1.82) is 0 Å². The second-order valence-electron chi connectivity index (χ2n) is 5.25. The first-order chi connectivity index (χ1) is 9.31. The molecule has 0 fully saturated rings. The molecule has 0 spiro atoms. The van der Waals surface area contributed by atoms with Crippen LogP contribution in [-0.4, -0.2) is 35.0 Å². The third-order valence-corrected chi connectivity index (χ3v) is 3.13. The van der Waals surface area contributed by atoms with E-state index < -0.39 is 5.97 Å². The van der Waals surface area contributed by atoms with Crippen molar-refractivity contribution in [3.8, 4) is 0 Å². The first kappa shape index (κ1) is 16.5. The number of rotatable bonds is 6. The summed E-state index contributed by atoms with van der Waals surface area (Å²) in [5, 5.41) is 9.29. The zero-order chi connectivity index (χ0) is 15.3. The molecule has 110 valence electrons. The normalized spacial score (nSPS) is 10.7. The van der Waals surface area contributed by atoms with Gasteiger partial charge in [0.15, 0.2) is 0 Å². The van der Waals surface area contributed by atoms with Gasteiger partial charge in [-0.2, -0.15) is 0 Å². The molecular formula is C15H20ClNO3. The van der Waals surface area contributed by atoms with Crippen LogP contribution in [0.4, 0.5) is 0 Å². The van der Waals surface area contributed by atoms with Gasteiger partial charge in [-0.05, 0) is 30.5 Å². The minimum atomic E-state index is -0.908. The highest BCUT2D eigenvalue weighted by Gasteiger charge is 2.19. The van der Waals surface area contributed by atoms with Gasteiger partial charge in [0.25, 0.3) is 5.91 Å². The van der Waals surface area contributed by atoms with E-state index >= 15 is 0 Å². The first-order valence-electron chi connectivity index (χ1n) is 6.58. The van der Waals surface area contributed by atoms with Crippen molar-refractivity contribution in [2.75, 3.05) is 13.1 Å². The Kier molecular flexibility index (Phi) is 6.02. The molecule has 0 aliphatic rings. The van der Waals surface area contributed by atoms with E-state index in [9.17, 15) is 9.59 Å². The van der Waals surface area contributed by atoms with Crippen LogP contribution in [0.15, 0.2) is 18.2 Å². The number of aryl methyl sites for hydroxylation is 1. The molecule has 0 heterocycles. The monoisotopic (exact) mass is 297 g/mol. The zero-order valence-electron chi connectivity index (χ0n) is 12.0. The maximum atomic E-state index is 12.5. The molecule has 0 saturated heterocycles. The Bertz CT molecular complexity index is 500. The van der Waals surface area contributed by atoms with E-state index in [0.29, 0.717) is 17.1 Å². The topological polar surface area (TPSA) is 57.6 Å². The summed E-state index contributed by atoms with van der Waals surface area (Å²) in [5.41, 5.74) is 1.37. The van der Waals surface area contributed by atoms with Crippen molar-refractivity contribution in [1.82, 2.24) is 4.90 Å². The van der Waals surface area contributed by atoms with Crippen LogP contribution in [0.25, 0.3) is 0 Å². The van der Waals surface area contributed by atoms with Crippen molar-refractivity contribution in [2.45, 2.75) is 27.2 Å². The number of hydrogen-bond acceptors (Lipinski definition) is 2. The molecule has 0 aromatic heterocycles. The van der Waals surface area contributed by atoms with Crippen LogP contribution in [-0.2, 0) is 4.79 Å². The third kappa shape index (κ3) is 4.85. The number of benzene rings is 1. The van der Waals surface area contributed by atoms with Crippen LogP contribution in [0.5, 0.6) is 0 Å². The predicted octanol–water partition coefficient (Wildman–Crippen LogP) is 3.22. The molecule has 0 aliphatic carbocycles. The van der Waals surface area contributed by atoms with Crippen LogP contribution >= 0.6 is 11.6 Å². The molecule has 0 bridgehead atoms. The largest absolute Gasteiger partial charge is 0.481 e. The molecule has 1 aromatic carbocycles. The van der Waals surface area contributed by atoms with E-state index in [2.05, 4.69) is 0 Å². The Morgan fingerprint density at radius 3 is 2.55 bits per heavy atom. The molecule has 0 unspecified atom stereocenters. The van der Waals surface area contributed by atoms with Gasteiger partial charge >= 0.3 is 5.97 Å². The number of carboxylic acids is 1. The summed E-state index contributed by atoms with van der Waals surface area (Å²) in [4.78, 5) is 24.8. The smallest absolute Gasteiger partial charge is 0.305 e. The fourth-order valence-electron chi connectivity index (χ4n) is 1.94. The molecule has 20 heavy (non-hydrogen) atoms. The van der Waals surface area contributed by atoms with E-state index in [1.54, 1.807) is 23.1 Å². The van der Waals surface area contributed by atoms with E-state index in [4.69, 9.17) is 16.7 Å². The molecule has 1 amide bonds. The van der Waals surface area contributed by atoms with Crippen molar-refractivity contribution >= 4 is 23.5 Å². The van der Waals surface area contributed by atoms with Crippen LogP contribution in [0.1, 0.15) is 36.2 Å². The average Bonchev–Trinajstić information content (AvgIpc) is 2.36. The van der Waals surface area contributed by atoms with Gasteiger partial charge in [-0.15, -0.1) is 0 Å². The molecule has 1 rings (SSSR count). The Balaban J connectivity index is 2.96. The van der Waals surface area contributed by atoms with Crippen LogP contribution < -0.4 is 0 Å². The fraction of sp³-hybridized carbons (Fsp3) is 0.467. The summed E-state index contributed by atoms with van der Waals surface area (Å²) in [7, 11) is 0. The lowest BCUT2D eigenvalue weighted by atomic mass is 10.1. The van der Waals surface area contributed by atoms with Crippen molar-refractivity contribution < 1.29 is 14.7 Å². The molecule has 4 nitrogen and oxygen atoms in total. The lowest BCUT2D eigenvalue weighted by Crippen LogP contribution is -2.36. The minimum absolute atomic E-state index is 0.0575. The molecule has 0 atom stereocenters. The summed E-state index contributed by atoms with van der Waals surface area (Å²) in [6.45, 7) is 6.56. The maximum absolute atomic E-state index is 12.5. The zero-order valence-corrected chi connectivity index (χ0v) is 12.8. The van der Waals surface area contributed by atoms with Gasteiger partial charge in [0.1, 0.15) is 0 Å². The molecule has 0 radical (unpaired) electrons. The van der Waals surface area contributed by atoms with Crippen LogP contribution in [0.3, 0.4) is 0 Å². The lowest BCUT2D eigenvalue weighted by molar-refractivity contribution is -0.137. The molecular weight excluding hydrogens is 278 g/mol. The SMILES string of the molecule is Cc1ccc(Cl)cc1C(=O)N(CCC(=O)O)CC(C)C. The quantitative estimate of drug-likeness (QED) is 0.877. The highest BCUT2D eigenvalue weighted by Crippen LogP contribution is 2.18. The summed E-state index contributed by atoms with van der Waals surface area (Å²) < 4.78 is 0. The number of carbonyl (C=O) groups is 2. The van der Waals surface area contributed by atoms with Crippen molar-refractivity contribution in [2.24, 2.45) is 5.92 Å². The fourth-order valence-corrected chi connectivity index (χ4v) is 2.11.